The van der Waals surface area contributed by atoms with Crippen LogP contribution in [-0.4, -0.2) is 17.2 Å². The van der Waals surface area contributed by atoms with Crippen molar-refractivity contribution in [1.29, 1.82) is 0 Å². The van der Waals surface area contributed by atoms with Crippen LogP contribution in [0.3, 0.4) is 0 Å². The van der Waals surface area contributed by atoms with Gasteiger partial charge in [-0.15, -0.1) is 10.2 Å². The lowest BCUT2D eigenvalue weighted by molar-refractivity contribution is 0.343. The summed E-state index contributed by atoms with van der Waals surface area (Å²) in [5, 5.41) is 10.8. The van der Waals surface area contributed by atoms with Crippen LogP contribution in [0.1, 0.15) is 32.6 Å². The third kappa shape index (κ3) is 3.55. The van der Waals surface area contributed by atoms with Gasteiger partial charge in [0.05, 0.1) is 6.54 Å². The Bertz CT molecular complexity index is 262. The zero-order valence-corrected chi connectivity index (χ0v) is 8.72. The smallest absolute Gasteiger partial charge is 0.230 e. The first-order valence-electron chi connectivity index (χ1n) is 4.47. The van der Waals surface area contributed by atoms with E-state index in [2.05, 4.69) is 36.3 Å². The van der Waals surface area contributed by atoms with Gasteiger partial charge in [0, 0.05) is 6.42 Å². The van der Waals surface area contributed by atoms with Crippen LogP contribution in [-0.2, 0) is 13.0 Å². The molecular formula is C9H17N3O. The molecule has 0 atom stereocenters. The largest absolute Gasteiger partial charge is 0.424 e. The molecule has 0 radical (unpaired) electrons. The summed E-state index contributed by atoms with van der Waals surface area (Å²) >= 11 is 0. The Morgan fingerprint density at radius 3 is 2.38 bits per heavy atom. The molecule has 0 unspecified atom stereocenters. The van der Waals surface area contributed by atoms with Crippen LogP contribution >= 0.6 is 0 Å². The van der Waals surface area contributed by atoms with Gasteiger partial charge in [0.25, 0.3) is 0 Å². The van der Waals surface area contributed by atoms with Gasteiger partial charge in [-0.3, -0.25) is 0 Å². The van der Waals surface area contributed by atoms with Crippen LogP contribution < -0.4 is 5.32 Å². The Balaban J connectivity index is 2.59. The third-order valence-corrected chi connectivity index (χ3v) is 1.52. The summed E-state index contributed by atoms with van der Waals surface area (Å²) in [6, 6.07) is 0. The van der Waals surface area contributed by atoms with E-state index in [1.54, 1.807) is 0 Å². The Hall–Kier alpha value is -0.900. The fourth-order valence-corrected chi connectivity index (χ4v) is 1.04. The first kappa shape index (κ1) is 10.2. The summed E-state index contributed by atoms with van der Waals surface area (Å²) < 4.78 is 5.42. The Kier molecular flexibility index (Phi) is 3.03. The Labute approximate surface area is 78.7 Å². The molecule has 13 heavy (non-hydrogen) atoms. The van der Waals surface area contributed by atoms with Crippen molar-refractivity contribution in [2.24, 2.45) is 5.41 Å². The quantitative estimate of drug-likeness (QED) is 0.769. The van der Waals surface area contributed by atoms with Crippen LogP contribution in [0.5, 0.6) is 0 Å². The molecule has 4 heteroatoms. The van der Waals surface area contributed by atoms with Gasteiger partial charge in [0.15, 0.2) is 0 Å². The van der Waals surface area contributed by atoms with Crippen LogP contribution in [0, 0.1) is 5.41 Å². The standard InChI is InChI=1S/C9H17N3O/c1-9(2,3)5-7-11-12-8(13-7)6-10-4/h10H,5-6H2,1-4H3. The van der Waals surface area contributed by atoms with Crippen molar-refractivity contribution >= 4 is 0 Å². The van der Waals surface area contributed by atoms with E-state index in [-0.39, 0.29) is 5.41 Å². The van der Waals surface area contributed by atoms with Crippen molar-refractivity contribution in [1.82, 2.24) is 15.5 Å². The predicted octanol–water partition coefficient (Wildman–Crippen LogP) is 1.38. The minimum Gasteiger partial charge on any atom is -0.424 e. The van der Waals surface area contributed by atoms with Crippen molar-refractivity contribution in [2.75, 3.05) is 7.05 Å². The van der Waals surface area contributed by atoms with Gasteiger partial charge in [0.1, 0.15) is 0 Å². The van der Waals surface area contributed by atoms with Gasteiger partial charge >= 0.3 is 0 Å². The molecule has 1 N–H and O–H groups in total. The number of nitrogens with one attached hydrogen (secondary N) is 1. The Morgan fingerprint density at radius 1 is 1.23 bits per heavy atom. The molecule has 0 aromatic carbocycles. The first-order chi connectivity index (χ1) is 6.01. The maximum absolute atomic E-state index is 5.42. The SMILES string of the molecule is CNCc1nnc(CC(C)(C)C)o1. The van der Waals surface area contributed by atoms with Gasteiger partial charge in [-0.1, -0.05) is 20.8 Å². The van der Waals surface area contributed by atoms with E-state index >= 15 is 0 Å². The lowest BCUT2D eigenvalue weighted by atomic mass is 9.92. The zero-order valence-electron chi connectivity index (χ0n) is 8.72. The fourth-order valence-electron chi connectivity index (χ4n) is 1.04. The molecule has 1 aromatic rings. The number of hydrogen-bond acceptors (Lipinski definition) is 4. The van der Waals surface area contributed by atoms with Crippen molar-refractivity contribution in [3.8, 4) is 0 Å². The molecule has 4 nitrogen and oxygen atoms in total. The summed E-state index contributed by atoms with van der Waals surface area (Å²) in [6.07, 6.45) is 0.823. The van der Waals surface area contributed by atoms with Gasteiger partial charge in [0.2, 0.25) is 11.8 Å². The Morgan fingerprint density at radius 2 is 1.85 bits per heavy atom. The molecule has 0 bridgehead atoms. The molecule has 0 aliphatic carbocycles. The van der Waals surface area contributed by atoms with E-state index in [4.69, 9.17) is 4.42 Å². The molecule has 1 rings (SSSR count). The molecule has 0 amide bonds. The second kappa shape index (κ2) is 3.87. The average Bonchev–Trinajstić information content (AvgIpc) is 2.33. The minimum atomic E-state index is 0.198. The average molecular weight is 183 g/mol. The normalized spacial score (nSPS) is 12.0. The molecule has 0 aliphatic heterocycles. The van der Waals surface area contributed by atoms with Gasteiger partial charge < -0.3 is 9.73 Å². The van der Waals surface area contributed by atoms with E-state index in [1.807, 2.05) is 7.05 Å². The monoisotopic (exact) mass is 183 g/mol. The van der Waals surface area contributed by atoms with Crippen molar-refractivity contribution in [3.63, 3.8) is 0 Å². The molecule has 1 aromatic heterocycles. The maximum atomic E-state index is 5.42. The molecule has 0 saturated heterocycles. The number of nitrogens with zero attached hydrogens (tertiary/aromatic N) is 2. The second-order valence-corrected chi connectivity index (χ2v) is 4.36. The van der Waals surface area contributed by atoms with Crippen LogP contribution in [0.25, 0.3) is 0 Å². The van der Waals surface area contributed by atoms with Crippen molar-refractivity contribution < 1.29 is 4.42 Å². The molecular weight excluding hydrogens is 166 g/mol. The van der Waals surface area contributed by atoms with Crippen molar-refractivity contribution in [2.45, 2.75) is 33.7 Å². The highest BCUT2D eigenvalue weighted by molar-refractivity contribution is 4.85. The number of aromatic nitrogens is 2. The van der Waals surface area contributed by atoms with Gasteiger partial charge in [-0.25, -0.2) is 0 Å². The number of hydrogen-bond donors (Lipinski definition) is 1. The minimum absolute atomic E-state index is 0.198. The highest BCUT2D eigenvalue weighted by Crippen LogP contribution is 2.19. The van der Waals surface area contributed by atoms with Crippen LogP contribution in [0.15, 0.2) is 4.42 Å². The lowest BCUT2D eigenvalue weighted by Crippen LogP contribution is -2.09. The highest BCUT2D eigenvalue weighted by Gasteiger charge is 2.15. The molecule has 0 aliphatic rings. The topological polar surface area (TPSA) is 51.0 Å². The zero-order chi connectivity index (χ0) is 9.90. The fraction of sp³-hybridized carbons (Fsp3) is 0.778. The molecule has 0 spiro atoms. The van der Waals surface area contributed by atoms with Crippen molar-refractivity contribution in [3.05, 3.63) is 11.8 Å². The van der Waals surface area contributed by atoms with E-state index in [0.29, 0.717) is 12.4 Å². The first-order valence-corrected chi connectivity index (χ1v) is 4.47. The van der Waals surface area contributed by atoms with Crippen LogP contribution in [0.2, 0.25) is 0 Å². The summed E-state index contributed by atoms with van der Waals surface area (Å²) in [4.78, 5) is 0. The second-order valence-electron chi connectivity index (χ2n) is 4.36. The summed E-state index contributed by atoms with van der Waals surface area (Å²) in [6.45, 7) is 7.08. The predicted molar refractivity (Wildman–Crippen MR) is 50.2 cm³/mol. The summed E-state index contributed by atoms with van der Waals surface area (Å²) in [5.74, 6) is 1.37. The van der Waals surface area contributed by atoms with E-state index < -0.39 is 0 Å². The summed E-state index contributed by atoms with van der Waals surface area (Å²) in [5.41, 5.74) is 0.198. The molecule has 1 heterocycles. The number of rotatable bonds is 3. The maximum Gasteiger partial charge on any atom is 0.230 e. The summed E-state index contributed by atoms with van der Waals surface area (Å²) in [7, 11) is 1.85. The van der Waals surface area contributed by atoms with E-state index in [1.165, 1.54) is 0 Å². The van der Waals surface area contributed by atoms with Gasteiger partial charge in [-0.05, 0) is 12.5 Å². The molecule has 0 fully saturated rings. The van der Waals surface area contributed by atoms with Gasteiger partial charge in [-0.2, -0.15) is 0 Å². The molecule has 0 saturated carbocycles. The third-order valence-electron chi connectivity index (χ3n) is 1.52. The molecule has 74 valence electrons. The van der Waals surface area contributed by atoms with E-state index in [9.17, 15) is 0 Å². The lowest BCUT2D eigenvalue weighted by Gasteiger charge is -2.14. The van der Waals surface area contributed by atoms with Crippen LogP contribution in [0.4, 0.5) is 0 Å². The highest BCUT2D eigenvalue weighted by atomic mass is 16.4. The van der Waals surface area contributed by atoms with E-state index in [0.717, 1.165) is 12.3 Å².